The number of methoxy groups -OCH3 is 1. The van der Waals surface area contributed by atoms with Crippen molar-refractivity contribution in [1.29, 1.82) is 0 Å². The van der Waals surface area contributed by atoms with Crippen LogP contribution in [0.1, 0.15) is 21.5 Å². The molecule has 0 bridgehead atoms. The van der Waals surface area contributed by atoms with E-state index in [1.165, 1.54) is 11.1 Å². The zero-order valence-electron chi connectivity index (χ0n) is 15.0. The predicted octanol–water partition coefficient (Wildman–Crippen LogP) is 4.87. The van der Waals surface area contributed by atoms with Crippen LogP contribution in [0.5, 0.6) is 5.75 Å². The second-order valence-electron chi connectivity index (χ2n) is 6.01. The average molecular weight is 346 g/mol. The van der Waals surface area contributed by atoms with Gasteiger partial charge in [0.2, 0.25) is 0 Å². The maximum Gasteiger partial charge on any atom is 0.259 e. The number of nitrogens with one attached hydrogen (secondary N) is 2. The fourth-order valence-electron chi connectivity index (χ4n) is 2.71. The molecule has 0 heterocycles. The van der Waals surface area contributed by atoms with Crippen LogP contribution in [0.2, 0.25) is 0 Å². The molecule has 2 N–H and O–H groups in total. The van der Waals surface area contributed by atoms with Crippen LogP contribution in [0, 0.1) is 6.92 Å². The van der Waals surface area contributed by atoms with Gasteiger partial charge in [0.1, 0.15) is 5.75 Å². The highest BCUT2D eigenvalue weighted by Crippen LogP contribution is 2.20. The van der Waals surface area contributed by atoms with Crippen molar-refractivity contribution in [3.05, 3.63) is 89.5 Å². The first-order valence-corrected chi connectivity index (χ1v) is 8.50. The first-order valence-electron chi connectivity index (χ1n) is 8.50. The third kappa shape index (κ3) is 4.22. The SMILES string of the molecule is COc1ccccc1C(=O)Nc1ccc(NCc2ccccc2C)cc1. The van der Waals surface area contributed by atoms with Crippen LogP contribution in [0.4, 0.5) is 11.4 Å². The van der Waals surface area contributed by atoms with Gasteiger partial charge in [-0.25, -0.2) is 0 Å². The van der Waals surface area contributed by atoms with Gasteiger partial charge in [0.05, 0.1) is 12.7 Å². The fraction of sp³-hybridized carbons (Fsp3) is 0.136. The summed E-state index contributed by atoms with van der Waals surface area (Å²) in [5, 5.41) is 6.30. The van der Waals surface area contributed by atoms with E-state index in [-0.39, 0.29) is 5.91 Å². The Morgan fingerprint density at radius 2 is 1.54 bits per heavy atom. The van der Waals surface area contributed by atoms with E-state index < -0.39 is 0 Å². The highest BCUT2D eigenvalue weighted by atomic mass is 16.5. The number of hydrogen-bond acceptors (Lipinski definition) is 3. The summed E-state index contributed by atoms with van der Waals surface area (Å²) in [7, 11) is 1.56. The molecule has 4 nitrogen and oxygen atoms in total. The molecular weight excluding hydrogens is 324 g/mol. The van der Waals surface area contributed by atoms with Crippen molar-refractivity contribution in [3.63, 3.8) is 0 Å². The molecule has 0 aliphatic rings. The number of benzene rings is 3. The Morgan fingerprint density at radius 1 is 0.885 bits per heavy atom. The van der Waals surface area contributed by atoms with E-state index >= 15 is 0 Å². The van der Waals surface area contributed by atoms with E-state index in [1.54, 1.807) is 19.2 Å². The predicted molar refractivity (Wildman–Crippen MR) is 106 cm³/mol. The Kier molecular flexibility index (Phi) is 5.54. The molecule has 0 unspecified atom stereocenters. The van der Waals surface area contributed by atoms with Crippen molar-refractivity contribution in [3.8, 4) is 5.75 Å². The topological polar surface area (TPSA) is 50.4 Å². The summed E-state index contributed by atoms with van der Waals surface area (Å²) in [5.41, 5.74) is 4.78. The molecule has 26 heavy (non-hydrogen) atoms. The molecular formula is C22H22N2O2. The summed E-state index contributed by atoms with van der Waals surface area (Å²) in [6.45, 7) is 2.87. The lowest BCUT2D eigenvalue weighted by Gasteiger charge is -2.11. The third-order valence-electron chi connectivity index (χ3n) is 4.24. The van der Waals surface area contributed by atoms with Crippen molar-refractivity contribution in [1.82, 2.24) is 0 Å². The molecule has 4 heteroatoms. The first kappa shape index (κ1) is 17.5. The molecule has 0 aliphatic carbocycles. The number of anilines is 2. The summed E-state index contributed by atoms with van der Waals surface area (Å²) in [6, 6.07) is 23.1. The molecule has 0 aromatic heterocycles. The van der Waals surface area contributed by atoms with Gasteiger partial charge in [-0.05, 0) is 54.4 Å². The number of carbonyl (C=O) groups excluding carboxylic acids is 1. The number of amides is 1. The minimum Gasteiger partial charge on any atom is -0.496 e. The Morgan fingerprint density at radius 3 is 2.27 bits per heavy atom. The number of para-hydroxylation sites is 1. The molecule has 0 radical (unpaired) electrons. The molecule has 0 aliphatic heterocycles. The van der Waals surface area contributed by atoms with Gasteiger partial charge in [-0.1, -0.05) is 36.4 Å². The lowest BCUT2D eigenvalue weighted by Crippen LogP contribution is -2.13. The first-order chi connectivity index (χ1) is 12.7. The largest absolute Gasteiger partial charge is 0.496 e. The van der Waals surface area contributed by atoms with Crippen LogP contribution in [0.15, 0.2) is 72.8 Å². The monoisotopic (exact) mass is 346 g/mol. The molecule has 0 atom stereocenters. The maximum atomic E-state index is 12.4. The second-order valence-corrected chi connectivity index (χ2v) is 6.01. The molecule has 0 spiro atoms. The van der Waals surface area contributed by atoms with E-state index in [0.29, 0.717) is 11.3 Å². The zero-order chi connectivity index (χ0) is 18.4. The molecule has 3 rings (SSSR count). The van der Waals surface area contributed by atoms with Gasteiger partial charge in [0, 0.05) is 17.9 Å². The third-order valence-corrected chi connectivity index (χ3v) is 4.24. The van der Waals surface area contributed by atoms with Crippen molar-refractivity contribution in [2.75, 3.05) is 17.7 Å². The smallest absolute Gasteiger partial charge is 0.259 e. The lowest BCUT2D eigenvalue weighted by atomic mass is 10.1. The van der Waals surface area contributed by atoms with Crippen molar-refractivity contribution < 1.29 is 9.53 Å². The molecule has 0 fully saturated rings. The summed E-state index contributed by atoms with van der Waals surface area (Å²) in [5.74, 6) is 0.365. The summed E-state index contributed by atoms with van der Waals surface area (Å²) >= 11 is 0. The van der Waals surface area contributed by atoms with Gasteiger partial charge < -0.3 is 15.4 Å². The van der Waals surface area contributed by atoms with Crippen molar-refractivity contribution in [2.24, 2.45) is 0 Å². The van der Waals surface area contributed by atoms with Crippen molar-refractivity contribution in [2.45, 2.75) is 13.5 Å². The number of rotatable bonds is 6. The van der Waals surface area contributed by atoms with Crippen molar-refractivity contribution >= 4 is 17.3 Å². The van der Waals surface area contributed by atoms with E-state index in [1.807, 2.05) is 48.5 Å². The molecule has 132 valence electrons. The van der Waals surface area contributed by atoms with Crippen LogP contribution in [-0.2, 0) is 6.54 Å². The van der Waals surface area contributed by atoms with Crippen LogP contribution in [0.3, 0.4) is 0 Å². The van der Waals surface area contributed by atoms with Crippen LogP contribution in [-0.4, -0.2) is 13.0 Å². The number of hydrogen-bond donors (Lipinski definition) is 2. The normalized spacial score (nSPS) is 10.2. The number of aryl methyl sites for hydroxylation is 1. The van der Waals surface area contributed by atoms with E-state index in [4.69, 9.17) is 4.74 Å². The highest BCUT2D eigenvalue weighted by Gasteiger charge is 2.11. The van der Waals surface area contributed by atoms with Gasteiger partial charge in [0.25, 0.3) is 5.91 Å². The van der Waals surface area contributed by atoms with Gasteiger partial charge in [0.15, 0.2) is 0 Å². The van der Waals surface area contributed by atoms with Gasteiger partial charge >= 0.3 is 0 Å². The molecule has 1 amide bonds. The summed E-state index contributed by atoms with van der Waals surface area (Å²) in [6.07, 6.45) is 0. The minimum atomic E-state index is -0.192. The molecule has 0 saturated heterocycles. The second kappa shape index (κ2) is 8.21. The standard InChI is InChI=1S/C22H22N2O2/c1-16-7-3-4-8-17(16)15-23-18-11-13-19(14-12-18)24-22(25)20-9-5-6-10-21(20)26-2/h3-14,23H,15H2,1-2H3,(H,24,25). The lowest BCUT2D eigenvalue weighted by molar-refractivity contribution is 0.102. The molecule has 3 aromatic rings. The highest BCUT2D eigenvalue weighted by molar-refractivity contribution is 6.06. The Labute approximate surface area is 153 Å². The van der Waals surface area contributed by atoms with E-state index in [0.717, 1.165) is 17.9 Å². The molecule has 3 aromatic carbocycles. The molecule has 0 saturated carbocycles. The zero-order valence-corrected chi connectivity index (χ0v) is 15.0. The fourth-order valence-corrected chi connectivity index (χ4v) is 2.71. The Balaban J connectivity index is 1.62. The Hall–Kier alpha value is -3.27. The summed E-state index contributed by atoms with van der Waals surface area (Å²) in [4.78, 5) is 12.4. The number of ether oxygens (including phenoxy) is 1. The maximum absolute atomic E-state index is 12.4. The van der Waals surface area contributed by atoms with Crippen LogP contribution < -0.4 is 15.4 Å². The van der Waals surface area contributed by atoms with E-state index in [9.17, 15) is 4.79 Å². The quantitative estimate of drug-likeness (QED) is 0.669. The van der Waals surface area contributed by atoms with Gasteiger partial charge in [-0.2, -0.15) is 0 Å². The van der Waals surface area contributed by atoms with Crippen LogP contribution in [0.25, 0.3) is 0 Å². The average Bonchev–Trinajstić information content (AvgIpc) is 2.68. The van der Waals surface area contributed by atoms with Gasteiger partial charge in [-0.15, -0.1) is 0 Å². The summed E-state index contributed by atoms with van der Waals surface area (Å²) < 4.78 is 5.24. The van der Waals surface area contributed by atoms with Crippen LogP contribution >= 0.6 is 0 Å². The Bertz CT molecular complexity index is 889. The number of carbonyl (C=O) groups is 1. The minimum absolute atomic E-state index is 0.192. The van der Waals surface area contributed by atoms with E-state index in [2.05, 4.69) is 29.7 Å². The van der Waals surface area contributed by atoms with Gasteiger partial charge in [-0.3, -0.25) is 4.79 Å².